The second-order valence-electron chi connectivity index (χ2n) is 7.60. The molecule has 0 saturated heterocycles. The number of ether oxygens (including phenoxy) is 1. The number of carbonyl (C=O) groups is 1. The van der Waals surface area contributed by atoms with Crippen LogP contribution in [0.5, 0.6) is 5.75 Å². The largest absolute Gasteiger partial charge is 0.490 e. The van der Waals surface area contributed by atoms with Crippen LogP contribution in [0.1, 0.15) is 35.3 Å². The van der Waals surface area contributed by atoms with E-state index in [1.165, 1.54) is 6.33 Å². The van der Waals surface area contributed by atoms with Crippen LogP contribution < -0.4 is 15.8 Å². The number of nitrogens with two attached hydrogens (primary N) is 1. The number of amidine groups is 1. The Balaban J connectivity index is 1.49. The molecule has 1 aliphatic rings. The molecule has 1 aromatic carbocycles. The van der Waals surface area contributed by atoms with Crippen molar-refractivity contribution in [2.75, 3.05) is 6.61 Å². The minimum atomic E-state index is -3.62. The Morgan fingerprint density at radius 1 is 1.33 bits per heavy atom. The van der Waals surface area contributed by atoms with Crippen molar-refractivity contribution in [2.45, 2.75) is 25.1 Å². The van der Waals surface area contributed by atoms with Crippen LogP contribution >= 0.6 is 0 Å². The fraction of sp³-hybridized carbons (Fsp3) is 0.263. The highest BCUT2D eigenvalue weighted by atomic mass is 32.2. The highest BCUT2D eigenvalue weighted by Crippen LogP contribution is 2.28. The molecule has 0 radical (unpaired) electrons. The number of pyridine rings is 1. The predicted octanol–water partition coefficient (Wildman–Crippen LogP) is 0.865. The first-order valence-corrected chi connectivity index (χ1v) is 10.7. The summed E-state index contributed by atoms with van der Waals surface area (Å²) in [6.07, 6.45) is 3.07. The fourth-order valence-corrected chi connectivity index (χ4v) is 4.25. The van der Waals surface area contributed by atoms with Gasteiger partial charge in [-0.05, 0) is 37.6 Å². The van der Waals surface area contributed by atoms with Gasteiger partial charge >= 0.3 is 0 Å². The average Bonchev–Trinajstić information content (AvgIpc) is 3.12. The normalized spacial score (nSPS) is 15.3. The summed E-state index contributed by atoms with van der Waals surface area (Å²) >= 11 is 0. The number of aromatic nitrogens is 3. The lowest BCUT2D eigenvalue weighted by molar-refractivity contribution is 0.0880. The zero-order valence-electron chi connectivity index (χ0n) is 16.4. The molecule has 3 N–H and O–H groups in total. The van der Waals surface area contributed by atoms with Gasteiger partial charge in [0.2, 0.25) is 0 Å². The Bertz CT molecular complexity index is 1280. The van der Waals surface area contributed by atoms with Gasteiger partial charge in [-0.15, -0.1) is 4.40 Å². The van der Waals surface area contributed by atoms with Crippen molar-refractivity contribution in [1.29, 1.82) is 0 Å². The second kappa shape index (κ2) is 7.10. The first-order valence-electron chi connectivity index (χ1n) is 9.09. The summed E-state index contributed by atoms with van der Waals surface area (Å²) < 4.78 is 34.7. The van der Waals surface area contributed by atoms with E-state index in [4.69, 9.17) is 10.5 Å². The number of rotatable bonds is 5. The van der Waals surface area contributed by atoms with Gasteiger partial charge in [-0.3, -0.25) is 4.79 Å². The van der Waals surface area contributed by atoms with E-state index in [1.54, 1.807) is 41.0 Å². The molecule has 2 aromatic heterocycles. The maximum absolute atomic E-state index is 12.7. The summed E-state index contributed by atoms with van der Waals surface area (Å²) in [4.78, 5) is 16.7. The van der Waals surface area contributed by atoms with Crippen LogP contribution in [0.25, 0.3) is 5.65 Å². The van der Waals surface area contributed by atoms with Gasteiger partial charge in [-0.1, -0.05) is 12.1 Å². The lowest BCUT2D eigenvalue weighted by atomic mass is 10.0. The Hall–Kier alpha value is -3.47. The molecule has 0 unspecified atom stereocenters. The van der Waals surface area contributed by atoms with Crippen molar-refractivity contribution in [3.63, 3.8) is 0 Å². The first-order chi connectivity index (χ1) is 14.1. The van der Waals surface area contributed by atoms with E-state index >= 15 is 0 Å². The molecule has 0 fully saturated rings. The maximum atomic E-state index is 12.7. The number of hydrogen-bond acceptors (Lipinski definition) is 7. The number of fused-ring (bicyclic) bond motifs is 2. The van der Waals surface area contributed by atoms with Crippen molar-refractivity contribution in [3.05, 3.63) is 59.5 Å². The fourth-order valence-electron chi connectivity index (χ4n) is 3.16. The molecule has 1 amide bonds. The van der Waals surface area contributed by atoms with E-state index in [2.05, 4.69) is 19.8 Å². The number of hydrogen-bond donors (Lipinski definition) is 2. The summed E-state index contributed by atoms with van der Waals surface area (Å²) in [5.74, 6) is -0.201. The van der Waals surface area contributed by atoms with Gasteiger partial charge in [0, 0.05) is 11.8 Å². The van der Waals surface area contributed by atoms with Gasteiger partial charge < -0.3 is 15.8 Å². The van der Waals surface area contributed by atoms with Crippen molar-refractivity contribution < 1.29 is 17.9 Å². The zero-order chi connectivity index (χ0) is 21.5. The van der Waals surface area contributed by atoms with Crippen LogP contribution in [0.15, 0.2) is 47.3 Å². The molecule has 4 rings (SSSR count). The Morgan fingerprint density at radius 2 is 2.13 bits per heavy atom. The highest BCUT2D eigenvalue weighted by Gasteiger charge is 2.27. The van der Waals surface area contributed by atoms with Crippen LogP contribution in [0.3, 0.4) is 0 Å². The third-order valence-electron chi connectivity index (χ3n) is 4.53. The molecule has 1 aliphatic heterocycles. The number of amides is 1. The minimum Gasteiger partial charge on any atom is -0.490 e. The molecule has 0 bridgehead atoms. The second-order valence-corrected chi connectivity index (χ2v) is 9.23. The maximum Gasteiger partial charge on any atom is 0.259 e. The summed E-state index contributed by atoms with van der Waals surface area (Å²) in [5, 5.41) is 6.93. The van der Waals surface area contributed by atoms with Crippen LogP contribution in [-0.4, -0.2) is 46.9 Å². The van der Waals surface area contributed by atoms with E-state index in [0.717, 1.165) is 0 Å². The molecule has 0 aliphatic carbocycles. The smallest absolute Gasteiger partial charge is 0.259 e. The number of benzene rings is 1. The number of nitrogens with one attached hydrogen (secondary N) is 1. The Morgan fingerprint density at radius 3 is 2.93 bits per heavy atom. The average molecular weight is 428 g/mol. The summed E-state index contributed by atoms with van der Waals surface area (Å²) in [7, 11) is -3.62. The number of nitrogens with zero attached hydrogens (tertiary/aromatic N) is 4. The molecule has 0 saturated carbocycles. The molecule has 3 aromatic rings. The van der Waals surface area contributed by atoms with Crippen molar-refractivity contribution in [3.8, 4) is 5.75 Å². The van der Waals surface area contributed by atoms with E-state index < -0.39 is 15.6 Å². The highest BCUT2D eigenvalue weighted by molar-refractivity contribution is 7.89. The lowest BCUT2D eigenvalue weighted by Crippen LogP contribution is -2.48. The number of sulfonamides is 1. The summed E-state index contributed by atoms with van der Waals surface area (Å²) in [5.41, 5.74) is 7.14. The SMILES string of the molecule is CC(C)(COc1cccc2c1C(N)=NS(=O)(=O)C2)NC(=O)c1ccn2ncnc2c1. The van der Waals surface area contributed by atoms with E-state index in [1.807, 2.05) is 13.8 Å². The molecular formula is C19H20N6O4S. The van der Waals surface area contributed by atoms with Gasteiger partial charge in [0.15, 0.2) is 5.65 Å². The molecular weight excluding hydrogens is 408 g/mol. The summed E-state index contributed by atoms with van der Waals surface area (Å²) in [6.45, 7) is 3.76. The molecule has 3 heterocycles. The van der Waals surface area contributed by atoms with Crippen LogP contribution in [0.4, 0.5) is 0 Å². The quantitative estimate of drug-likeness (QED) is 0.614. The van der Waals surface area contributed by atoms with Crippen LogP contribution in [0.2, 0.25) is 0 Å². The number of carbonyl (C=O) groups excluding carboxylic acids is 1. The Labute approximate surface area is 172 Å². The van der Waals surface area contributed by atoms with Crippen molar-refractivity contribution in [1.82, 2.24) is 19.9 Å². The minimum absolute atomic E-state index is 0.102. The van der Waals surface area contributed by atoms with Gasteiger partial charge in [-0.2, -0.15) is 5.10 Å². The molecule has 156 valence electrons. The Kier molecular flexibility index (Phi) is 4.69. The standard InChI is InChI=1S/C19H20N6O4S/c1-19(2,23-18(26)12-6-7-25-15(8-12)21-11-22-25)10-29-14-5-3-4-13-9-30(27,28)24-17(20)16(13)14/h3-8,11H,9-10H2,1-2H3,(H2,20,24)(H,23,26). The van der Waals surface area contributed by atoms with Gasteiger partial charge in [0.05, 0.1) is 16.9 Å². The zero-order valence-corrected chi connectivity index (χ0v) is 17.2. The van der Waals surface area contributed by atoms with Crippen LogP contribution in [0, 0.1) is 0 Å². The monoisotopic (exact) mass is 428 g/mol. The van der Waals surface area contributed by atoms with E-state index in [-0.39, 0.29) is 24.1 Å². The summed E-state index contributed by atoms with van der Waals surface area (Å²) in [6, 6.07) is 8.36. The first kappa shape index (κ1) is 19.8. The molecule has 0 spiro atoms. The van der Waals surface area contributed by atoms with Gasteiger partial charge in [-0.25, -0.2) is 17.9 Å². The lowest BCUT2D eigenvalue weighted by Gasteiger charge is -2.27. The van der Waals surface area contributed by atoms with Gasteiger partial charge in [0.1, 0.15) is 24.5 Å². The molecule has 0 atom stereocenters. The molecule has 30 heavy (non-hydrogen) atoms. The van der Waals surface area contributed by atoms with Crippen molar-refractivity contribution >= 4 is 27.4 Å². The van der Waals surface area contributed by atoms with Gasteiger partial charge in [0.25, 0.3) is 15.9 Å². The third kappa shape index (κ3) is 3.96. The topological polar surface area (TPSA) is 141 Å². The third-order valence-corrected chi connectivity index (χ3v) is 5.68. The van der Waals surface area contributed by atoms with Crippen molar-refractivity contribution in [2.24, 2.45) is 10.1 Å². The van der Waals surface area contributed by atoms with E-state index in [9.17, 15) is 13.2 Å². The molecule has 11 heteroatoms. The van der Waals surface area contributed by atoms with Crippen LogP contribution in [-0.2, 0) is 15.8 Å². The predicted molar refractivity (Wildman–Crippen MR) is 110 cm³/mol. The molecule has 10 nitrogen and oxygen atoms in total. The van der Waals surface area contributed by atoms with E-state index in [0.29, 0.717) is 28.1 Å².